The number of primary amides is 1. The standard InChI is InChI=1S/C18H19FN2O4/c1-21(10-12-7-8-16(24-2)14(19)9-12)18(23)13-5-3-4-6-15(13)25-11-17(20)22/h3-9H,10-11H2,1-2H3,(H2,20,22). The van der Waals surface area contributed by atoms with Gasteiger partial charge in [0.25, 0.3) is 11.8 Å². The van der Waals surface area contributed by atoms with Gasteiger partial charge in [-0.2, -0.15) is 0 Å². The summed E-state index contributed by atoms with van der Waals surface area (Å²) >= 11 is 0. The van der Waals surface area contributed by atoms with Gasteiger partial charge in [-0.05, 0) is 29.8 Å². The van der Waals surface area contributed by atoms with Crippen molar-refractivity contribution in [2.24, 2.45) is 5.73 Å². The number of halogens is 1. The van der Waals surface area contributed by atoms with Crippen LogP contribution in [0.4, 0.5) is 4.39 Å². The fourth-order valence-electron chi connectivity index (χ4n) is 2.28. The number of benzene rings is 2. The van der Waals surface area contributed by atoms with E-state index in [1.807, 2.05) is 0 Å². The highest BCUT2D eigenvalue weighted by Crippen LogP contribution is 2.22. The first-order valence-electron chi connectivity index (χ1n) is 7.50. The number of amides is 2. The van der Waals surface area contributed by atoms with E-state index in [-0.39, 0.29) is 30.6 Å². The van der Waals surface area contributed by atoms with Gasteiger partial charge >= 0.3 is 0 Å². The molecule has 0 saturated heterocycles. The highest BCUT2D eigenvalue weighted by molar-refractivity contribution is 5.96. The Labute approximate surface area is 144 Å². The summed E-state index contributed by atoms with van der Waals surface area (Å²) in [6, 6.07) is 11.0. The van der Waals surface area contributed by atoms with Crippen LogP contribution in [0.15, 0.2) is 42.5 Å². The maximum Gasteiger partial charge on any atom is 0.257 e. The summed E-state index contributed by atoms with van der Waals surface area (Å²) in [5, 5.41) is 0. The molecule has 0 aliphatic rings. The molecule has 25 heavy (non-hydrogen) atoms. The van der Waals surface area contributed by atoms with Crippen LogP contribution in [0.5, 0.6) is 11.5 Å². The van der Waals surface area contributed by atoms with E-state index in [2.05, 4.69) is 0 Å². The molecule has 6 nitrogen and oxygen atoms in total. The Hall–Kier alpha value is -3.09. The number of nitrogens with zero attached hydrogens (tertiary/aromatic N) is 1. The van der Waals surface area contributed by atoms with Crippen LogP contribution < -0.4 is 15.2 Å². The number of carbonyl (C=O) groups is 2. The van der Waals surface area contributed by atoms with E-state index in [1.165, 1.54) is 24.1 Å². The molecule has 2 N–H and O–H groups in total. The van der Waals surface area contributed by atoms with Gasteiger partial charge in [0, 0.05) is 13.6 Å². The fourth-order valence-corrected chi connectivity index (χ4v) is 2.28. The topological polar surface area (TPSA) is 81.9 Å². The third kappa shape index (κ3) is 4.69. The van der Waals surface area contributed by atoms with Crippen LogP contribution in [0.2, 0.25) is 0 Å². The Bertz CT molecular complexity index is 779. The zero-order valence-corrected chi connectivity index (χ0v) is 14.0. The van der Waals surface area contributed by atoms with Crippen molar-refractivity contribution < 1.29 is 23.5 Å². The lowest BCUT2D eigenvalue weighted by molar-refractivity contribution is -0.119. The number of methoxy groups -OCH3 is 1. The molecule has 7 heteroatoms. The zero-order chi connectivity index (χ0) is 18.4. The first-order valence-corrected chi connectivity index (χ1v) is 7.50. The van der Waals surface area contributed by atoms with Crippen molar-refractivity contribution in [2.45, 2.75) is 6.54 Å². The highest BCUT2D eigenvalue weighted by Gasteiger charge is 2.17. The van der Waals surface area contributed by atoms with Crippen molar-refractivity contribution in [3.05, 3.63) is 59.4 Å². The molecule has 2 aromatic carbocycles. The summed E-state index contributed by atoms with van der Waals surface area (Å²) in [5.41, 5.74) is 5.97. The Morgan fingerprint density at radius 2 is 1.88 bits per heavy atom. The molecule has 2 amide bonds. The molecule has 0 spiro atoms. The number of ether oxygens (including phenoxy) is 2. The monoisotopic (exact) mass is 346 g/mol. The molecule has 0 saturated carbocycles. The molecule has 2 aromatic rings. The third-order valence-corrected chi connectivity index (χ3v) is 3.47. The smallest absolute Gasteiger partial charge is 0.257 e. The second kappa shape index (κ2) is 8.14. The van der Waals surface area contributed by atoms with Gasteiger partial charge in [0.1, 0.15) is 5.75 Å². The number of rotatable bonds is 7. The molecule has 0 aliphatic carbocycles. The van der Waals surface area contributed by atoms with Crippen LogP contribution in [0.25, 0.3) is 0 Å². The van der Waals surface area contributed by atoms with E-state index in [0.29, 0.717) is 11.1 Å². The largest absolute Gasteiger partial charge is 0.494 e. The minimum absolute atomic E-state index is 0.142. The van der Waals surface area contributed by atoms with Gasteiger partial charge in [-0.3, -0.25) is 9.59 Å². The summed E-state index contributed by atoms with van der Waals surface area (Å²) < 4.78 is 23.9. The van der Waals surface area contributed by atoms with Gasteiger partial charge in [0.2, 0.25) is 0 Å². The van der Waals surface area contributed by atoms with E-state index in [4.69, 9.17) is 15.2 Å². The lowest BCUT2D eigenvalue weighted by atomic mass is 10.1. The molecule has 0 atom stereocenters. The second-order valence-corrected chi connectivity index (χ2v) is 5.38. The SMILES string of the molecule is COc1ccc(CN(C)C(=O)c2ccccc2OCC(N)=O)cc1F. The van der Waals surface area contributed by atoms with Gasteiger partial charge in [-0.25, -0.2) is 4.39 Å². The Morgan fingerprint density at radius 3 is 2.52 bits per heavy atom. The molecule has 0 heterocycles. The molecule has 132 valence electrons. The first-order chi connectivity index (χ1) is 11.9. The molecule has 0 unspecified atom stereocenters. The summed E-state index contributed by atoms with van der Waals surface area (Å²) in [5.74, 6) is -1.05. The lowest BCUT2D eigenvalue weighted by Gasteiger charge is -2.19. The third-order valence-electron chi connectivity index (χ3n) is 3.47. The van der Waals surface area contributed by atoms with Crippen LogP contribution in [0.1, 0.15) is 15.9 Å². The van der Waals surface area contributed by atoms with Crippen molar-refractivity contribution in [1.82, 2.24) is 4.90 Å². The highest BCUT2D eigenvalue weighted by atomic mass is 19.1. The van der Waals surface area contributed by atoms with Crippen molar-refractivity contribution >= 4 is 11.8 Å². The van der Waals surface area contributed by atoms with Crippen molar-refractivity contribution in [3.63, 3.8) is 0 Å². The minimum Gasteiger partial charge on any atom is -0.494 e. The molecule has 0 bridgehead atoms. The maximum atomic E-state index is 13.8. The minimum atomic E-state index is -0.635. The molecular weight excluding hydrogens is 327 g/mol. The quantitative estimate of drug-likeness (QED) is 0.831. The van der Waals surface area contributed by atoms with Gasteiger partial charge in [0.15, 0.2) is 18.2 Å². The average Bonchev–Trinajstić information content (AvgIpc) is 2.59. The summed E-state index contributed by atoms with van der Waals surface area (Å²) in [6.45, 7) is -0.123. The predicted octanol–water partition coefficient (Wildman–Crippen LogP) is 1.97. The van der Waals surface area contributed by atoms with Crippen molar-refractivity contribution in [2.75, 3.05) is 20.8 Å². The van der Waals surface area contributed by atoms with Crippen LogP contribution in [0.3, 0.4) is 0 Å². The van der Waals surface area contributed by atoms with Crippen LogP contribution in [-0.4, -0.2) is 37.5 Å². The van der Waals surface area contributed by atoms with Gasteiger partial charge in [-0.15, -0.1) is 0 Å². The van der Waals surface area contributed by atoms with Gasteiger partial charge in [-0.1, -0.05) is 18.2 Å². The number of hydrogen-bond donors (Lipinski definition) is 1. The number of nitrogens with two attached hydrogens (primary N) is 1. The molecular formula is C18H19FN2O4. The van der Waals surface area contributed by atoms with E-state index < -0.39 is 11.7 Å². The molecule has 0 aromatic heterocycles. The van der Waals surface area contributed by atoms with Crippen molar-refractivity contribution in [1.29, 1.82) is 0 Å². The van der Waals surface area contributed by atoms with Crippen LogP contribution in [0, 0.1) is 5.82 Å². The number of carbonyl (C=O) groups excluding carboxylic acids is 2. The van der Waals surface area contributed by atoms with Crippen LogP contribution >= 0.6 is 0 Å². The van der Waals surface area contributed by atoms with E-state index in [1.54, 1.807) is 37.4 Å². The fraction of sp³-hybridized carbons (Fsp3) is 0.222. The van der Waals surface area contributed by atoms with Gasteiger partial charge in [0.05, 0.1) is 12.7 Å². The maximum absolute atomic E-state index is 13.8. The van der Waals surface area contributed by atoms with E-state index >= 15 is 0 Å². The molecule has 0 fully saturated rings. The summed E-state index contributed by atoms with van der Waals surface area (Å²) in [7, 11) is 2.98. The lowest BCUT2D eigenvalue weighted by Crippen LogP contribution is -2.27. The van der Waals surface area contributed by atoms with E-state index in [0.717, 1.165) is 0 Å². The predicted molar refractivity (Wildman–Crippen MR) is 89.9 cm³/mol. The first kappa shape index (κ1) is 18.3. The van der Waals surface area contributed by atoms with Crippen molar-refractivity contribution in [3.8, 4) is 11.5 Å². The van der Waals surface area contributed by atoms with Crippen LogP contribution in [-0.2, 0) is 11.3 Å². The summed E-state index contributed by atoms with van der Waals surface area (Å²) in [4.78, 5) is 24.9. The summed E-state index contributed by atoms with van der Waals surface area (Å²) in [6.07, 6.45) is 0. The second-order valence-electron chi connectivity index (χ2n) is 5.38. The molecule has 2 rings (SSSR count). The number of para-hydroxylation sites is 1. The molecule has 0 radical (unpaired) electrons. The van der Waals surface area contributed by atoms with Gasteiger partial charge < -0.3 is 20.1 Å². The Morgan fingerprint density at radius 1 is 1.16 bits per heavy atom. The van der Waals surface area contributed by atoms with E-state index in [9.17, 15) is 14.0 Å². The average molecular weight is 346 g/mol. The normalized spacial score (nSPS) is 10.2. The Kier molecular flexibility index (Phi) is 5.94. The molecule has 0 aliphatic heterocycles. The zero-order valence-electron chi connectivity index (χ0n) is 14.0. The number of hydrogen-bond acceptors (Lipinski definition) is 4. The Balaban J connectivity index is 2.14.